The molecule has 0 aliphatic carbocycles. The van der Waals surface area contributed by atoms with Crippen molar-refractivity contribution in [2.45, 2.75) is 39.8 Å². The van der Waals surface area contributed by atoms with Crippen LogP contribution in [0.3, 0.4) is 0 Å². The maximum Gasteiger partial charge on any atom is 0.266 e. The third-order valence-electron chi connectivity index (χ3n) is 6.54. The first kappa shape index (κ1) is 25.3. The van der Waals surface area contributed by atoms with Gasteiger partial charge in [0.25, 0.3) is 5.91 Å². The van der Waals surface area contributed by atoms with E-state index >= 15 is 0 Å². The van der Waals surface area contributed by atoms with Crippen molar-refractivity contribution in [3.05, 3.63) is 106 Å². The van der Waals surface area contributed by atoms with E-state index in [1.165, 1.54) is 22.9 Å². The Morgan fingerprint density at radius 1 is 1.03 bits per heavy atom. The minimum Gasteiger partial charge on any atom is -0.491 e. The van der Waals surface area contributed by atoms with Crippen LogP contribution in [-0.2, 0) is 17.9 Å². The molecule has 4 nitrogen and oxygen atoms in total. The monoisotopic (exact) mass is 526 g/mol. The summed E-state index contributed by atoms with van der Waals surface area (Å²) < 4.78 is 9.06. The van der Waals surface area contributed by atoms with Gasteiger partial charge in [0.2, 0.25) is 0 Å². The van der Waals surface area contributed by atoms with E-state index < -0.39 is 0 Å². The van der Waals surface area contributed by atoms with Crippen LogP contribution in [0.25, 0.3) is 17.0 Å². The Morgan fingerprint density at radius 3 is 2.57 bits per heavy atom. The van der Waals surface area contributed by atoms with Gasteiger partial charge < -0.3 is 9.30 Å². The second-order valence-corrected chi connectivity index (χ2v) is 11.3. The lowest BCUT2D eigenvalue weighted by atomic mass is 10.0. The molecule has 4 aromatic rings. The maximum atomic E-state index is 13.2. The Kier molecular flexibility index (Phi) is 7.49. The first-order valence-electron chi connectivity index (χ1n) is 12.5. The van der Waals surface area contributed by atoms with Gasteiger partial charge in [-0.3, -0.25) is 9.69 Å². The molecule has 1 fully saturated rings. The molecule has 1 aliphatic heterocycles. The SMILES string of the molecule is Cc1ccc(C(C)C)c(OCCn2cc(/C=C3/SC(=S)N(Cc4ccccc4)C3=O)c3ccccc32)c1. The molecule has 1 aliphatic rings. The van der Waals surface area contributed by atoms with Crippen molar-refractivity contribution in [1.29, 1.82) is 0 Å². The lowest BCUT2D eigenvalue weighted by molar-refractivity contribution is -0.122. The van der Waals surface area contributed by atoms with Crippen molar-refractivity contribution in [2.24, 2.45) is 0 Å². The van der Waals surface area contributed by atoms with E-state index in [-0.39, 0.29) is 5.91 Å². The van der Waals surface area contributed by atoms with Crippen LogP contribution in [0.1, 0.15) is 42.0 Å². The molecule has 1 amide bonds. The van der Waals surface area contributed by atoms with Gasteiger partial charge in [0.05, 0.1) is 18.0 Å². The Balaban J connectivity index is 1.36. The van der Waals surface area contributed by atoms with Gasteiger partial charge in [-0.05, 0) is 47.7 Å². The van der Waals surface area contributed by atoms with Crippen LogP contribution in [0, 0.1) is 6.92 Å². The number of thioether (sulfide) groups is 1. The van der Waals surface area contributed by atoms with Gasteiger partial charge in [-0.1, -0.05) is 98.5 Å². The lowest BCUT2D eigenvalue weighted by Crippen LogP contribution is -2.27. The number of ether oxygens (including phenoxy) is 1. The largest absolute Gasteiger partial charge is 0.491 e. The number of carbonyl (C=O) groups excluding carboxylic acids is 1. The molecular formula is C31H30N2O2S2. The highest BCUT2D eigenvalue weighted by molar-refractivity contribution is 8.26. The first-order chi connectivity index (χ1) is 17.9. The number of carbonyl (C=O) groups is 1. The van der Waals surface area contributed by atoms with Crippen LogP contribution in [0.4, 0.5) is 0 Å². The number of amides is 1. The molecule has 37 heavy (non-hydrogen) atoms. The minimum absolute atomic E-state index is 0.0420. The summed E-state index contributed by atoms with van der Waals surface area (Å²) in [6.45, 7) is 8.21. The molecule has 0 spiro atoms. The van der Waals surface area contributed by atoms with Crippen LogP contribution in [0.5, 0.6) is 5.75 Å². The summed E-state index contributed by atoms with van der Waals surface area (Å²) >= 11 is 6.93. The smallest absolute Gasteiger partial charge is 0.266 e. The molecule has 188 valence electrons. The van der Waals surface area contributed by atoms with Crippen molar-refractivity contribution in [3.8, 4) is 5.75 Å². The zero-order valence-corrected chi connectivity index (χ0v) is 22.9. The second kappa shape index (κ2) is 11.0. The zero-order valence-electron chi connectivity index (χ0n) is 21.3. The molecule has 0 saturated carbocycles. The van der Waals surface area contributed by atoms with Gasteiger partial charge in [0.1, 0.15) is 16.7 Å². The maximum absolute atomic E-state index is 13.2. The number of rotatable bonds is 8. The van der Waals surface area contributed by atoms with Gasteiger partial charge in [0, 0.05) is 22.7 Å². The molecule has 5 rings (SSSR count). The summed E-state index contributed by atoms with van der Waals surface area (Å²) in [7, 11) is 0. The number of aromatic nitrogens is 1. The summed E-state index contributed by atoms with van der Waals surface area (Å²) in [5.74, 6) is 1.31. The summed E-state index contributed by atoms with van der Waals surface area (Å²) in [6, 6.07) is 24.6. The molecular weight excluding hydrogens is 496 g/mol. The minimum atomic E-state index is -0.0420. The van der Waals surface area contributed by atoms with Crippen molar-refractivity contribution in [3.63, 3.8) is 0 Å². The summed E-state index contributed by atoms with van der Waals surface area (Å²) in [5.41, 5.74) is 5.60. The quantitative estimate of drug-likeness (QED) is 0.175. The van der Waals surface area contributed by atoms with E-state index in [2.05, 4.69) is 61.9 Å². The van der Waals surface area contributed by atoms with E-state index in [1.54, 1.807) is 4.90 Å². The third kappa shape index (κ3) is 5.50. The van der Waals surface area contributed by atoms with Crippen molar-refractivity contribution in [1.82, 2.24) is 9.47 Å². The Morgan fingerprint density at radius 2 is 1.78 bits per heavy atom. The Bertz CT molecular complexity index is 1490. The van der Waals surface area contributed by atoms with Gasteiger partial charge in [-0.15, -0.1) is 0 Å². The van der Waals surface area contributed by atoms with E-state index in [0.29, 0.717) is 34.8 Å². The number of para-hydroxylation sites is 1. The normalized spacial score (nSPS) is 14.9. The van der Waals surface area contributed by atoms with E-state index in [0.717, 1.165) is 27.8 Å². The number of hydrogen-bond acceptors (Lipinski definition) is 4. The van der Waals surface area contributed by atoms with Crippen LogP contribution in [-0.4, -0.2) is 26.3 Å². The molecule has 0 atom stereocenters. The predicted molar refractivity (Wildman–Crippen MR) is 158 cm³/mol. The highest BCUT2D eigenvalue weighted by Crippen LogP contribution is 2.35. The molecule has 0 unspecified atom stereocenters. The molecule has 3 aromatic carbocycles. The highest BCUT2D eigenvalue weighted by Gasteiger charge is 2.32. The Labute approximate surface area is 227 Å². The third-order valence-corrected chi connectivity index (χ3v) is 7.92. The fourth-order valence-electron chi connectivity index (χ4n) is 4.62. The highest BCUT2D eigenvalue weighted by atomic mass is 32.2. The molecule has 0 N–H and O–H groups in total. The molecule has 0 radical (unpaired) electrons. The predicted octanol–water partition coefficient (Wildman–Crippen LogP) is 7.55. The van der Waals surface area contributed by atoms with Crippen LogP contribution in [0.15, 0.2) is 83.9 Å². The fraction of sp³-hybridized carbons (Fsp3) is 0.226. The fourth-order valence-corrected chi connectivity index (χ4v) is 5.86. The topological polar surface area (TPSA) is 34.5 Å². The summed E-state index contributed by atoms with van der Waals surface area (Å²) in [6.07, 6.45) is 4.08. The summed E-state index contributed by atoms with van der Waals surface area (Å²) in [4.78, 5) is 15.6. The molecule has 6 heteroatoms. The van der Waals surface area contributed by atoms with Gasteiger partial charge in [0.15, 0.2) is 0 Å². The van der Waals surface area contributed by atoms with Crippen LogP contribution >= 0.6 is 24.0 Å². The van der Waals surface area contributed by atoms with E-state index in [4.69, 9.17) is 17.0 Å². The number of nitrogens with zero attached hydrogens (tertiary/aromatic N) is 2. The van der Waals surface area contributed by atoms with Gasteiger partial charge >= 0.3 is 0 Å². The number of thiocarbonyl (C=S) groups is 1. The second-order valence-electron chi connectivity index (χ2n) is 9.59. The molecule has 1 aromatic heterocycles. The lowest BCUT2D eigenvalue weighted by Gasteiger charge is -2.15. The van der Waals surface area contributed by atoms with Crippen LogP contribution in [0.2, 0.25) is 0 Å². The number of fused-ring (bicyclic) bond motifs is 1. The average molecular weight is 527 g/mol. The van der Waals surface area contributed by atoms with Crippen molar-refractivity contribution >= 4 is 51.2 Å². The van der Waals surface area contributed by atoms with E-state index in [1.807, 2.05) is 48.5 Å². The summed E-state index contributed by atoms with van der Waals surface area (Å²) in [5, 5.41) is 1.11. The van der Waals surface area contributed by atoms with Gasteiger partial charge in [-0.2, -0.15) is 0 Å². The number of benzene rings is 3. The molecule has 2 heterocycles. The van der Waals surface area contributed by atoms with Crippen LogP contribution < -0.4 is 4.74 Å². The number of aryl methyl sites for hydroxylation is 1. The Hall–Kier alpha value is -3.35. The van der Waals surface area contributed by atoms with E-state index in [9.17, 15) is 4.79 Å². The zero-order chi connectivity index (χ0) is 25.9. The van der Waals surface area contributed by atoms with Crippen molar-refractivity contribution in [2.75, 3.05) is 6.61 Å². The first-order valence-corrected chi connectivity index (χ1v) is 13.7. The molecule has 0 bridgehead atoms. The van der Waals surface area contributed by atoms with Gasteiger partial charge in [-0.25, -0.2) is 0 Å². The van der Waals surface area contributed by atoms with Crippen molar-refractivity contribution < 1.29 is 9.53 Å². The number of hydrogen-bond donors (Lipinski definition) is 0. The standard InChI is InChI=1S/C31H30N2O2S2/c1-21(2)25-14-13-22(3)17-28(25)35-16-15-32-20-24(26-11-7-8-12-27(26)32)18-29-30(34)33(31(36)37-29)19-23-9-5-4-6-10-23/h4-14,17-18,20-21H,15-16,19H2,1-3H3/b29-18+. The average Bonchev–Trinajstić information content (AvgIpc) is 3.36. The molecule has 1 saturated heterocycles.